The van der Waals surface area contributed by atoms with E-state index < -0.39 is 39.1 Å². The Balaban J connectivity index is 2.06. The summed E-state index contributed by atoms with van der Waals surface area (Å²) < 4.78 is 5.45. The van der Waals surface area contributed by atoms with Crippen LogP contribution in [0, 0.1) is 27.2 Å². The second-order valence-electron chi connectivity index (χ2n) is 6.72. The van der Waals surface area contributed by atoms with Crippen molar-refractivity contribution in [1.82, 2.24) is 0 Å². The molecule has 0 spiro atoms. The predicted molar refractivity (Wildman–Crippen MR) is 115 cm³/mol. The summed E-state index contributed by atoms with van der Waals surface area (Å²) in [6.45, 7) is 1.27. The van der Waals surface area contributed by atoms with Crippen LogP contribution in [-0.4, -0.2) is 21.6 Å². The molecule has 0 fully saturated rings. The minimum absolute atomic E-state index is 0.118. The van der Waals surface area contributed by atoms with Crippen molar-refractivity contribution in [3.63, 3.8) is 0 Å². The summed E-state index contributed by atoms with van der Waals surface area (Å²) in [5.41, 5.74) is -1.18. The average Bonchev–Trinajstić information content (AvgIpc) is 2.78. The van der Waals surface area contributed by atoms with Gasteiger partial charge >= 0.3 is 5.97 Å². The maximum absolute atomic E-state index is 13.1. The first-order chi connectivity index (χ1) is 15.2. The number of nitro benzene ring substituents is 2. The lowest BCUT2D eigenvalue weighted by molar-refractivity contribution is -0.394. The van der Waals surface area contributed by atoms with Gasteiger partial charge in [-0.15, -0.1) is 0 Å². The highest BCUT2D eigenvalue weighted by atomic mass is 35.5. The largest absolute Gasteiger partial charge is 0.445 e. The van der Waals surface area contributed by atoms with Crippen molar-refractivity contribution in [3.05, 3.63) is 114 Å². The van der Waals surface area contributed by atoms with Gasteiger partial charge in [-0.1, -0.05) is 54.1 Å². The number of hydrogen-bond donors (Lipinski definition) is 0. The summed E-state index contributed by atoms with van der Waals surface area (Å²) >= 11 is 5.91. The molecule has 0 aliphatic rings. The number of halogens is 1. The van der Waals surface area contributed by atoms with Crippen LogP contribution >= 0.6 is 11.6 Å². The van der Waals surface area contributed by atoms with Crippen molar-refractivity contribution in [3.8, 4) is 0 Å². The smallest absolute Gasteiger partial charge is 0.339 e. The number of rotatable bonds is 7. The van der Waals surface area contributed by atoms with Crippen molar-refractivity contribution in [2.75, 3.05) is 0 Å². The van der Waals surface area contributed by atoms with Gasteiger partial charge in [0.15, 0.2) is 6.10 Å². The molecule has 0 aliphatic heterocycles. The van der Waals surface area contributed by atoms with Gasteiger partial charge in [-0.05, 0) is 19.1 Å². The standard InChI is InChI=1S/C22H15ClN2O7/c1-13-18(11-17(24(28)29)12-19(13)25(30)31)22(27)32-21(15-7-9-16(23)10-8-15)20(26)14-5-3-2-4-6-14/h2-12,21H,1H3/t21-/m0/s1. The van der Waals surface area contributed by atoms with Crippen LogP contribution in [0.25, 0.3) is 0 Å². The second-order valence-corrected chi connectivity index (χ2v) is 7.16. The van der Waals surface area contributed by atoms with Gasteiger partial charge in [0.05, 0.1) is 21.5 Å². The number of carbonyl (C=O) groups excluding carboxylic acids is 2. The molecular weight excluding hydrogens is 440 g/mol. The number of ether oxygens (including phenoxy) is 1. The predicted octanol–water partition coefficient (Wildman–Crippen LogP) is 5.25. The first kappa shape index (κ1) is 22.6. The van der Waals surface area contributed by atoms with Crippen LogP contribution in [0.15, 0.2) is 66.7 Å². The summed E-state index contributed by atoms with van der Waals surface area (Å²) in [5, 5.41) is 22.9. The number of Topliss-reactive ketones (excluding diaryl/α,β-unsaturated/α-hetero) is 1. The Kier molecular flexibility index (Phi) is 6.60. The molecule has 0 N–H and O–H groups in total. The summed E-state index contributed by atoms with van der Waals surface area (Å²) in [7, 11) is 0. The van der Waals surface area contributed by atoms with Crippen molar-refractivity contribution >= 4 is 34.7 Å². The molecule has 0 unspecified atom stereocenters. The van der Waals surface area contributed by atoms with E-state index in [4.69, 9.17) is 16.3 Å². The Morgan fingerprint density at radius 1 is 0.938 bits per heavy atom. The lowest BCUT2D eigenvalue weighted by Crippen LogP contribution is -2.21. The third-order valence-corrected chi connectivity index (χ3v) is 4.94. The molecule has 0 amide bonds. The van der Waals surface area contributed by atoms with Crippen molar-refractivity contribution in [2.24, 2.45) is 0 Å². The van der Waals surface area contributed by atoms with E-state index in [1.165, 1.54) is 31.2 Å². The third kappa shape index (κ3) is 4.79. The zero-order chi connectivity index (χ0) is 23.4. The van der Waals surface area contributed by atoms with Crippen LogP contribution < -0.4 is 0 Å². The van der Waals surface area contributed by atoms with Crippen LogP contribution in [-0.2, 0) is 4.74 Å². The van der Waals surface area contributed by atoms with Crippen LogP contribution in [0.5, 0.6) is 0 Å². The van der Waals surface area contributed by atoms with E-state index in [1.807, 2.05) is 0 Å². The van der Waals surface area contributed by atoms with Gasteiger partial charge in [-0.3, -0.25) is 25.0 Å². The van der Waals surface area contributed by atoms with E-state index in [0.717, 1.165) is 12.1 Å². The molecule has 162 valence electrons. The van der Waals surface area contributed by atoms with Crippen molar-refractivity contribution < 1.29 is 24.2 Å². The molecular formula is C22H15ClN2O7. The fourth-order valence-corrected chi connectivity index (χ4v) is 3.15. The van der Waals surface area contributed by atoms with Gasteiger partial charge in [0, 0.05) is 27.8 Å². The number of ketones is 1. The van der Waals surface area contributed by atoms with Crippen molar-refractivity contribution in [2.45, 2.75) is 13.0 Å². The first-order valence-corrected chi connectivity index (χ1v) is 9.56. The van der Waals surface area contributed by atoms with Gasteiger partial charge in [-0.25, -0.2) is 4.79 Å². The summed E-state index contributed by atoms with van der Waals surface area (Å²) in [4.78, 5) is 46.9. The number of nitro groups is 2. The molecule has 3 rings (SSSR count). The lowest BCUT2D eigenvalue weighted by Gasteiger charge is -2.18. The van der Waals surface area contributed by atoms with E-state index >= 15 is 0 Å². The molecule has 0 heterocycles. The van der Waals surface area contributed by atoms with Gasteiger partial charge in [0.2, 0.25) is 5.78 Å². The zero-order valence-electron chi connectivity index (χ0n) is 16.6. The molecule has 10 heteroatoms. The third-order valence-electron chi connectivity index (χ3n) is 4.69. The lowest BCUT2D eigenvalue weighted by atomic mass is 9.99. The SMILES string of the molecule is Cc1c(C(=O)O[C@H](C(=O)c2ccccc2)c2ccc(Cl)cc2)cc([N+](=O)[O-])cc1[N+](=O)[O-]. The Labute approximate surface area is 186 Å². The fraction of sp³-hybridized carbons (Fsp3) is 0.0909. The van der Waals surface area contributed by atoms with Crippen LogP contribution in [0.3, 0.4) is 0 Å². The molecule has 3 aromatic rings. The minimum atomic E-state index is -1.40. The molecule has 0 bridgehead atoms. The van der Waals surface area contributed by atoms with E-state index in [1.54, 1.807) is 30.3 Å². The number of esters is 1. The fourth-order valence-electron chi connectivity index (χ4n) is 3.03. The second kappa shape index (κ2) is 9.36. The van der Waals surface area contributed by atoms with E-state index in [-0.39, 0.29) is 16.7 Å². The van der Waals surface area contributed by atoms with E-state index in [0.29, 0.717) is 10.6 Å². The number of nitrogens with zero attached hydrogens (tertiary/aromatic N) is 2. The maximum Gasteiger partial charge on any atom is 0.339 e. The van der Waals surface area contributed by atoms with Gasteiger partial charge in [0.1, 0.15) is 0 Å². The molecule has 0 aliphatic carbocycles. The Bertz CT molecular complexity index is 1210. The maximum atomic E-state index is 13.1. The van der Waals surface area contributed by atoms with Gasteiger partial charge in [-0.2, -0.15) is 0 Å². The van der Waals surface area contributed by atoms with Crippen molar-refractivity contribution in [1.29, 1.82) is 0 Å². The highest BCUT2D eigenvalue weighted by Crippen LogP contribution is 2.31. The molecule has 32 heavy (non-hydrogen) atoms. The quantitative estimate of drug-likeness (QED) is 0.206. The molecule has 3 aromatic carbocycles. The van der Waals surface area contributed by atoms with E-state index in [9.17, 15) is 29.8 Å². The summed E-state index contributed by atoms with van der Waals surface area (Å²) in [6, 6.07) is 15.8. The van der Waals surface area contributed by atoms with E-state index in [2.05, 4.69) is 0 Å². The highest BCUT2D eigenvalue weighted by molar-refractivity contribution is 6.30. The normalized spacial score (nSPS) is 11.4. The Morgan fingerprint density at radius 2 is 1.56 bits per heavy atom. The monoisotopic (exact) mass is 454 g/mol. The summed E-state index contributed by atoms with van der Waals surface area (Å²) in [6.07, 6.45) is -1.40. The van der Waals surface area contributed by atoms with Gasteiger partial charge in [0.25, 0.3) is 11.4 Å². The molecule has 9 nitrogen and oxygen atoms in total. The highest BCUT2D eigenvalue weighted by Gasteiger charge is 2.30. The van der Waals surface area contributed by atoms with Crippen LogP contribution in [0.2, 0.25) is 5.02 Å². The number of benzene rings is 3. The zero-order valence-corrected chi connectivity index (χ0v) is 17.3. The first-order valence-electron chi connectivity index (χ1n) is 9.18. The van der Waals surface area contributed by atoms with Gasteiger partial charge < -0.3 is 4.74 Å². The Morgan fingerprint density at radius 3 is 2.12 bits per heavy atom. The molecule has 0 radical (unpaired) electrons. The molecule has 1 atom stereocenters. The number of non-ortho nitro benzene ring substituents is 1. The average molecular weight is 455 g/mol. The topological polar surface area (TPSA) is 130 Å². The molecule has 0 saturated carbocycles. The minimum Gasteiger partial charge on any atom is -0.445 e. The number of hydrogen-bond acceptors (Lipinski definition) is 7. The Hall–Kier alpha value is -4.11. The molecule has 0 aromatic heterocycles. The number of carbonyl (C=O) groups is 2. The molecule has 0 saturated heterocycles. The summed E-state index contributed by atoms with van der Waals surface area (Å²) in [5.74, 6) is -1.66. The van der Waals surface area contributed by atoms with Crippen LogP contribution in [0.1, 0.15) is 37.9 Å². The van der Waals surface area contributed by atoms with Crippen LogP contribution in [0.4, 0.5) is 11.4 Å².